The Kier molecular flexibility index (Phi) is 5.32. The minimum atomic E-state index is -0.244. The van der Waals surface area contributed by atoms with Crippen molar-refractivity contribution in [2.75, 3.05) is 12.3 Å². The second-order valence-corrected chi connectivity index (χ2v) is 4.97. The molecule has 2 rings (SSSR count). The van der Waals surface area contributed by atoms with Crippen LogP contribution < -0.4 is 11.1 Å². The van der Waals surface area contributed by atoms with Crippen molar-refractivity contribution in [3.8, 4) is 0 Å². The molecule has 0 atom stereocenters. The van der Waals surface area contributed by atoms with E-state index in [4.69, 9.17) is 5.73 Å². The molecule has 3 N–H and O–H groups in total. The highest BCUT2D eigenvalue weighted by Crippen LogP contribution is 2.07. The first-order valence-corrected chi connectivity index (χ1v) is 6.99. The van der Waals surface area contributed by atoms with Crippen molar-refractivity contribution in [3.63, 3.8) is 0 Å². The van der Waals surface area contributed by atoms with E-state index in [-0.39, 0.29) is 11.7 Å². The summed E-state index contributed by atoms with van der Waals surface area (Å²) in [7, 11) is 0. The molecule has 0 aliphatic rings. The fourth-order valence-corrected chi connectivity index (χ4v) is 2.03. The van der Waals surface area contributed by atoms with Gasteiger partial charge in [-0.25, -0.2) is 4.39 Å². The van der Waals surface area contributed by atoms with Gasteiger partial charge in [0.05, 0.1) is 0 Å². The fourth-order valence-electron chi connectivity index (χ4n) is 2.03. The predicted octanol–water partition coefficient (Wildman–Crippen LogP) is 2.70. The van der Waals surface area contributed by atoms with Crippen LogP contribution in [0.25, 0.3) is 0 Å². The van der Waals surface area contributed by atoms with Crippen LogP contribution >= 0.6 is 0 Å². The second-order valence-electron chi connectivity index (χ2n) is 4.97. The quantitative estimate of drug-likeness (QED) is 0.802. The summed E-state index contributed by atoms with van der Waals surface area (Å²) in [5, 5.41) is 2.87. The van der Waals surface area contributed by atoms with E-state index in [0.717, 1.165) is 16.8 Å². The van der Waals surface area contributed by atoms with Crippen LogP contribution in [0.3, 0.4) is 0 Å². The second kappa shape index (κ2) is 7.43. The summed E-state index contributed by atoms with van der Waals surface area (Å²) < 4.78 is 12.7. The van der Waals surface area contributed by atoms with Gasteiger partial charge in [0.25, 0.3) is 0 Å². The monoisotopic (exact) mass is 286 g/mol. The van der Waals surface area contributed by atoms with Crippen molar-refractivity contribution in [2.24, 2.45) is 0 Å². The Bertz CT molecular complexity index is 579. The zero-order chi connectivity index (χ0) is 15.1. The number of amides is 1. The zero-order valence-corrected chi connectivity index (χ0v) is 11.8. The molecule has 0 radical (unpaired) electrons. The summed E-state index contributed by atoms with van der Waals surface area (Å²) in [6.45, 7) is 0.562. The molecule has 110 valence electrons. The third-order valence-electron chi connectivity index (χ3n) is 3.27. The Labute approximate surface area is 124 Å². The van der Waals surface area contributed by atoms with Gasteiger partial charge in [-0.3, -0.25) is 4.79 Å². The highest BCUT2D eigenvalue weighted by Gasteiger charge is 2.02. The third kappa shape index (κ3) is 5.26. The van der Waals surface area contributed by atoms with Crippen LogP contribution in [0.15, 0.2) is 48.5 Å². The molecule has 0 aromatic heterocycles. The Balaban J connectivity index is 1.67. The molecule has 2 aromatic rings. The lowest BCUT2D eigenvalue weighted by atomic mass is 10.1. The van der Waals surface area contributed by atoms with Gasteiger partial charge in [0, 0.05) is 18.7 Å². The number of benzene rings is 2. The number of carbonyl (C=O) groups excluding carboxylic acids is 1. The van der Waals surface area contributed by atoms with Crippen molar-refractivity contribution in [2.45, 2.75) is 19.3 Å². The summed E-state index contributed by atoms with van der Waals surface area (Å²) in [5.74, 6) is -0.222. The lowest BCUT2D eigenvalue weighted by molar-refractivity contribution is -0.121. The predicted molar refractivity (Wildman–Crippen MR) is 82.3 cm³/mol. The van der Waals surface area contributed by atoms with Crippen LogP contribution in [0.4, 0.5) is 10.1 Å². The molecule has 2 aromatic carbocycles. The Morgan fingerprint density at radius 2 is 1.52 bits per heavy atom. The summed E-state index contributed by atoms with van der Waals surface area (Å²) in [4.78, 5) is 11.7. The van der Waals surface area contributed by atoms with E-state index in [2.05, 4.69) is 5.32 Å². The van der Waals surface area contributed by atoms with Crippen LogP contribution in [-0.4, -0.2) is 12.5 Å². The van der Waals surface area contributed by atoms with Crippen molar-refractivity contribution >= 4 is 11.6 Å². The van der Waals surface area contributed by atoms with Gasteiger partial charge >= 0.3 is 0 Å². The molecule has 1 amide bonds. The van der Waals surface area contributed by atoms with Gasteiger partial charge in [0.1, 0.15) is 5.82 Å². The summed E-state index contributed by atoms with van der Waals surface area (Å²) in [5.41, 5.74) is 8.44. The average Bonchev–Trinajstić information content (AvgIpc) is 2.49. The summed E-state index contributed by atoms with van der Waals surface area (Å²) in [6.07, 6.45) is 1.85. The van der Waals surface area contributed by atoms with E-state index in [1.54, 1.807) is 12.1 Å². The Hall–Kier alpha value is -2.36. The number of hydrogen-bond acceptors (Lipinski definition) is 2. The Morgan fingerprint density at radius 3 is 2.19 bits per heavy atom. The number of nitrogen functional groups attached to an aromatic ring is 1. The standard InChI is InChI=1S/C17H19FN2O/c18-15-6-1-14(2-7-15)11-12-20-17(21)10-5-13-3-8-16(19)9-4-13/h1-4,6-9H,5,10-12,19H2,(H,20,21). The van der Waals surface area contributed by atoms with Gasteiger partial charge in [-0.05, 0) is 48.2 Å². The first-order valence-electron chi connectivity index (χ1n) is 6.99. The van der Waals surface area contributed by atoms with Gasteiger partial charge in [-0.1, -0.05) is 24.3 Å². The molecule has 0 spiro atoms. The molecular weight excluding hydrogens is 267 g/mol. The lowest BCUT2D eigenvalue weighted by Gasteiger charge is -2.06. The van der Waals surface area contributed by atoms with Crippen molar-refractivity contribution in [1.29, 1.82) is 0 Å². The smallest absolute Gasteiger partial charge is 0.220 e. The molecule has 0 aliphatic heterocycles. The number of halogens is 1. The highest BCUT2D eigenvalue weighted by atomic mass is 19.1. The first-order chi connectivity index (χ1) is 10.1. The molecule has 0 bridgehead atoms. The van der Waals surface area contributed by atoms with E-state index in [0.29, 0.717) is 25.8 Å². The lowest BCUT2D eigenvalue weighted by Crippen LogP contribution is -2.25. The van der Waals surface area contributed by atoms with E-state index in [9.17, 15) is 9.18 Å². The van der Waals surface area contributed by atoms with E-state index >= 15 is 0 Å². The molecule has 0 unspecified atom stereocenters. The van der Waals surface area contributed by atoms with Crippen LogP contribution in [0.1, 0.15) is 17.5 Å². The number of nitrogens with two attached hydrogens (primary N) is 1. The molecule has 21 heavy (non-hydrogen) atoms. The summed E-state index contributed by atoms with van der Waals surface area (Å²) in [6, 6.07) is 13.9. The van der Waals surface area contributed by atoms with Crippen LogP contribution in [-0.2, 0) is 17.6 Å². The maximum atomic E-state index is 12.7. The molecule has 0 fully saturated rings. The van der Waals surface area contributed by atoms with Gasteiger partial charge in [0.15, 0.2) is 0 Å². The minimum Gasteiger partial charge on any atom is -0.399 e. The molecular formula is C17H19FN2O. The van der Waals surface area contributed by atoms with Crippen LogP contribution in [0.2, 0.25) is 0 Å². The SMILES string of the molecule is Nc1ccc(CCC(=O)NCCc2ccc(F)cc2)cc1. The van der Waals surface area contributed by atoms with Crippen LogP contribution in [0.5, 0.6) is 0 Å². The number of hydrogen-bond donors (Lipinski definition) is 2. The largest absolute Gasteiger partial charge is 0.399 e. The first kappa shape index (κ1) is 15.0. The molecule has 0 heterocycles. The fraction of sp³-hybridized carbons (Fsp3) is 0.235. The normalized spacial score (nSPS) is 10.3. The molecule has 4 heteroatoms. The average molecular weight is 286 g/mol. The summed E-state index contributed by atoms with van der Waals surface area (Å²) >= 11 is 0. The number of rotatable bonds is 6. The highest BCUT2D eigenvalue weighted by molar-refractivity contribution is 5.76. The third-order valence-corrected chi connectivity index (χ3v) is 3.27. The maximum absolute atomic E-state index is 12.7. The zero-order valence-electron chi connectivity index (χ0n) is 11.8. The number of nitrogens with one attached hydrogen (secondary N) is 1. The van der Waals surface area contributed by atoms with Crippen molar-refractivity contribution < 1.29 is 9.18 Å². The molecule has 3 nitrogen and oxygen atoms in total. The number of carbonyl (C=O) groups is 1. The topological polar surface area (TPSA) is 55.1 Å². The molecule has 0 saturated heterocycles. The Morgan fingerprint density at radius 1 is 0.952 bits per heavy atom. The molecule has 0 saturated carbocycles. The number of anilines is 1. The van der Waals surface area contributed by atoms with Gasteiger partial charge in [-0.15, -0.1) is 0 Å². The maximum Gasteiger partial charge on any atom is 0.220 e. The van der Waals surface area contributed by atoms with Gasteiger partial charge in [0.2, 0.25) is 5.91 Å². The van der Waals surface area contributed by atoms with E-state index in [1.165, 1.54) is 12.1 Å². The molecule has 0 aliphatic carbocycles. The van der Waals surface area contributed by atoms with Gasteiger partial charge in [-0.2, -0.15) is 0 Å². The van der Waals surface area contributed by atoms with Crippen molar-refractivity contribution in [1.82, 2.24) is 5.32 Å². The van der Waals surface area contributed by atoms with Crippen molar-refractivity contribution in [3.05, 3.63) is 65.5 Å². The van der Waals surface area contributed by atoms with E-state index in [1.807, 2.05) is 24.3 Å². The van der Waals surface area contributed by atoms with Gasteiger partial charge < -0.3 is 11.1 Å². The number of aryl methyl sites for hydroxylation is 1. The minimum absolute atomic E-state index is 0.0222. The van der Waals surface area contributed by atoms with Crippen LogP contribution in [0, 0.1) is 5.82 Å². The van der Waals surface area contributed by atoms with E-state index < -0.39 is 0 Å².